The van der Waals surface area contributed by atoms with Gasteiger partial charge in [0, 0.05) is 31.5 Å². The number of hydrogen-bond donors (Lipinski definition) is 0. The van der Waals surface area contributed by atoms with Gasteiger partial charge in [-0.15, -0.1) is 0 Å². The van der Waals surface area contributed by atoms with Crippen molar-refractivity contribution in [3.8, 4) is 11.5 Å². The Bertz CT molecular complexity index is 777. The summed E-state index contributed by atoms with van der Waals surface area (Å²) in [5.74, 6) is 1.64. The zero-order valence-electron chi connectivity index (χ0n) is 16.3. The highest BCUT2D eigenvalue weighted by atomic mass is 16.6. The van der Waals surface area contributed by atoms with E-state index in [1.165, 1.54) is 0 Å². The Morgan fingerprint density at radius 2 is 1.93 bits per heavy atom. The predicted octanol–water partition coefficient (Wildman–Crippen LogP) is 3.75. The quantitative estimate of drug-likeness (QED) is 0.750. The highest BCUT2D eigenvalue weighted by Gasteiger charge is 2.45. The van der Waals surface area contributed by atoms with E-state index < -0.39 is 5.60 Å². The number of Topliss-reactive ketones (excluding diaryl/α,β-unsaturated/α-hetero) is 1. The Morgan fingerprint density at radius 3 is 2.63 bits per heavy atom. The second-order valence-corrected chi connectivity index (χ2v) is 8.35. The van der Waals surface area contributed by atoms with Crippen LogP contribution in [-0.2, 0) is 11.2 Å². The van der Waals surface area contributed by atoms with Gasteiger partial charge in [-0.05, 0) is 45.7 Å². The Kier molecular flexibility index (Phi) is 4.32. The van der Waals surface area contributed by atoms with Crippen molar-refractivity contribution in [1.82, 2.24) is 4.90 Å². The molecule has 3 aliphatic rings. The number of fused-ring (bicyclic) bond motifs is 3. The molecule has 4 rings (SSSR count). The van der Waals surface area contributed by atoms with Crippen molar-refractivity contribution < 1.29 is 23.8 Å². The van der Waals surface area contributed by atoms with E-state index in [0.717, 1.165) is 24.2 Å². The number of piperidine rings is 1. The van der Waals surface area contributed by atoms with E-state index >= 15 is 0 Å². The molecule has 1 saturated heterocycles. The van der Waals surface area contributed by atoms with Crippen LogP contribution in [0.4, 0.5) is 4.79 Å². The second kappa shape index (κ2) is 6.43. The van der Waals surface area contributed by atoms with Crippen LogP contribution in [0.25, 0.3) is 0 Å². The Morgan fingerprint density at radius 1 is 1.19 bits per heavy atom. The molecule has 0 N–H and O–H groups in total. The fourth-order valence-electron chi connectivity index (χ4n) is 4.28. The summed E-state index contributed by atoms with van der Waals surface area (Å²) in [4.78, 5) is 26.5. The number of amides is 1. The third-order valence-electron chi connectivity index (χ3n) is 5.88. The molecule has 1 aromatic carbocycles. The average Bonchev–Trinajstić information content (AvgIpc) is 2.61. The molecule has 1 amide bonds. The van der Waals surface area contributed by atoms with Crippen LogP contribution in [0.2, 0.25) is 0 Å². The van der Waals surface area contributed by atoms with Crippen molar-refractivity contribution in [2.45, 2.75) is 64.1 Å². The summed E-state index contributed by atoms with van der Waals surface area (Å²) in [6.45, 7) is 7.41. The number of likely N-dealkylation sites (tertiary alicyclic amines) is 1. The monoisotopic (exact) mass is 373 g/mol. The molecule has 0 saturated carbocycles. The summed E-state index contributed by atoms with van der Waals surface area (Å²) in [5.41, 5.74) is 0.931. The molecular formula is C21H27NO5. The number of benzene rings is 1. The third-order valence-corrected chi connectivity index (χ3v) is 5.88. The van der Waals surface area contributed by atoms with E-state index in [0.29, 0.717) is 50.3 Å². The minimum Gasteiger partial charge on any atom is -0.487 e. The van der Waals surface area contributed by atoms with Crippen LogP contribution >= 0.6 is 0 Å². The number of carbonyl (C=O) groups excluding carboxylic acids is 2. The van der Waals surface area contributed by atoms with Crippen molar-refractivity contribution in [1.29, 1.82) is 0 Å². The van der Waals surface area contributed by atoms with E-state index in [-0.39, 0.29) is 17.5 Å². The molecule has 1 spiro atoms. The van der Waals surface area contributed by atoms with Crippen molar-refractivity contribution in [3.63, 3.8) is 0 Å². The average molecular weight is 373 g/mol. The molecule has 0 aliphatic carbocycles. The van der Waals surface area contributed by atoms with Crippen LogP contribution in [0.3, 0.4) is 0 Å². The lowest BCUT2D eigenvalue weighted by atomic mass is 9.81. The van der Waals surface area contributed by atoms with E-state index in [2.05, 4.69) is 13.8 Å². The molecule has 1 aromatic rings. The topological polar surface area (TPSA) is 65.1 Å². The Balaban J connectivity index is 1.58. The van der Waals surface area contributed by atoms with Crippen LogP contribution in [0.1, 0.15) is 62.4 Å². The SMILES string of the molecule is CCOC(=O)N1CCC2(CC1)CC(=O)c1ccc3c(c1O2)CCC(C)(C)O3. The maximum absolute atomic E-state index is 12.9. The first kappa shape index (κ1) is 18.1. The molecule has 0 unspecified atom stereocenters. The maximum Gasteiger partial charge on any atom is 0.409 e. The van der Waals surface area contributed by atoms with Crippen LogP contribution in [0, 0.1) is 0 Å². The number of hydrogen-bond acceptors (Lipinski definition) is 5. The van der Waals surface area contributed by atoms with Gasteiger partial charge in [-0.1, -0.05) is 0 Å². The molecule has 0 radical (unpaired) electrons. The molecular weight excluding hydrogens is 346 g/mol. The molecule has 3 aliphatic heterocycles. The lowest BCUT2D eigenvalue weighted by Crippen LogP contribution is -2.52. The summed E-state index contributed by atoms with van der Waals surface area (Å²) in [5, 5.41) is 0. The van der Waals surface area contributed by atoms with Crippen LogP contribution in [0.5, 0.6) is 11.5 Å². The van der Waals surface area contributed by atoms with Crippen molar-refractivity contribution in [3.05, 3.63) is 23.3 Å². The van der Waals surface area contributed by atoms with Crippen molar-refractivity contribution in [2.24, 2.45) is 0 Å². The first-order valence-corrected chi connectivity index (χ1v) is 9.81. The summed E-state index contributed by atoms with van der Waals surface area (Å²) < 4.78 is 17.7. The Hall–Kier alpha value is -2.24. The van der Waals surface area contributed by atoms with Crippen LogP contribution in [-0.4, -0.2) is 47.7 Å². The zero-order valence-corrected chi connectivity index (χ0v) is 16.3. The summed E-state index contributed by atoms with van der Waals surface area (Å²) in [6.07, 6.45) is 3.06. The number of ketones is 1. The smallest absolute Gasteiger partial charge is 0.409 e. The molecule has 0 atom stereocenters. The normalized spacial score (nSPS) is 22.3. The number of nitrogens with zero attached hydrogens (tertiary/aromatic N) is 1. The molecule has 6 heteroatoms. The van der Waals surface area contributed by atoms with Gasteiger partial charge in [0.2, 0.25) is 0 Å². The van der Waals surface area contributed by atoms with Gasteiger partial charge in [-0.25, -0.2) is 4.79 Å². The van der Waals surface area contributed by atoms with Crippen molar-refractivity contribution >= 4 is 11.9 Å². The van der Waals surface area contributed by atoms with Gasteiger partial charge in [0.05, 0.1) is 18.6 Å². The highest BCUT2D eigenvalue weighted by Crippen LogP contribution is 2.46. The number of rotatable bonds is 1. The highest BCUT2D eigenvalue weighted by molar-refractivity contribution is 6.01. The molecule has 6 nitrogen and oxygen atoms in total. The minimum atomic E-state index is -0.533. The second-order valence-electron chi connectivity index (χ2n) is 8.35. The zero-order chi connectivity index (χ0) is 19.2. The minimum absolute atomic E-state index is 0.119. The van der Waals surface area contributed by atoms with Crippen LogP contribution < -0.4 is 9.47 Å². The summed E-state index contributed by atoms with van der Waals surface area (Å²) in [7, 11) is 0. The maximum atomic E-state index is 12.9. The molecule has 27 heavy (non-hydrogen) atoms. The predicted molar refractivity (Wildman–Crippen MR) is 99.6 cm³/mol. The van der Waals surface area contributed by atoms with E-state index in [4.69, 9.17) is 14.2 Å². The first-order valence-electron chi connectivity index (χ1n) is 9.81. The molecule has 0 aromatic heterocycles. The molecule has 146 valence electrons. The lowest BCUT2D eigenvalue weighted by Gasteiger charge is -2.45. The van der Waals surface area contributed by atoms with Gasteiger partial charge in [-0.3, -0.25) is 4.79 Å². The number of carbonyl (C=O) groups is 2. The molecule has 0 bridgehead atoms. The van der Waals surface area contributed by atoms with Crippen molar-refractivity contribution in [2.75, 3.05) is 19.7 Å². The standard InChI is InChI=1S/C21H27NO5/c1-4-25-19(24)22-11-9-21(10-12-22)13-16(23)14-5-6-17-15(18(14)27-21)7-8-20(2,3)26-17/h5-6H,4,7-13H2,1-3H3. The first-order chi connectivity index (χ1) is 12.8. The van der Waals surface area contributed by atoms with E-state index in [1.54, 1.807) is 11.8 Å². The number of ether oxygens (including phenoxy) is 3. The van der Waals surface area contributed by atoms with Gasteiger partial charge in [0.25, 0.3) is 0 Å². The summed E-state index contributed by atoms with van der Waals surface area (Å²) in [6, 6.07) is 3.73. The van der Waals surface area contributed by atoms with E-state index in [9.17, 15) is 9.59 Å². The fraction of sp³-hybridized carbons (Fsp3) is 0.619. The Labute approximate surface area is 159 Å². The van der Waals surface area contributed by atoms with Gasteiger partial charge in [0.1, 0.15) is 22.7 Å². The molecule has 1 fully saturated rings. The molecule has 3 heterocycles. The lowest BCUT2D eigenvalue weighted by molar-refractivity contribution is -0.0104. The van der Waals surface area contributed by atoms with Gasteiger partial charge in [0.15, 0.2) is 5.78 Å². The third kappa shape index (κ3) is 3.26. The largest absolute Gasteiger partial charge is 0.487 e. The summed E-state index contributed by atoms with van der Waals surface area (Å²) >= 11 is 0. The van der Waals surface area contributed by atoms with Gasteiger partial charge >= 0.3 is 6.09 Å². The van der Waals surface area contributed by atoms with Crippen LogP contribution in [0.15, 0.2) is 12.1 Å². The van der Waals surface area contributed by atoms with Gasteiger partial charge in [-0.2, -0.15) is 0 Å². The van der Waals surface area contributed by atoms with Gasteiger partial charge < -0.3 is 19.1 Å². The fourth-order valence-corrected chi connectivity index (χ4v) is 4.28. The van der Waals surface area contributed by atoms with E-state index in [1.807, 2.05) is 12.1 Å².